The second kappa shape index (κ2) is 8.34. The molecule has 1 amide bonds. The lowest BCUT2D eigenvalue weighted by molar-refractivity contribution is -0.146. The van der Waals surface area contributed by atoms with E-state index in [4.69, 9.17) is 14.7 Å². The fourth-order valence-corrected chi connectivity index (χ4v) is 2.02. The van der Waals surface area contributed by atoms with Crippen LogP contribution in [0.25, 0.3) is 0 Å². The zero-order valence-electron chi connectivity index (χ0n) is 13.1. The maximum absolute atomic E-state index is 11.8. The number of carbonyl (C=O) groups excluding carboxylic acids is 2. The number of para-hydroxylation sites is 1. The van der Waals surface area contributed by atoms with Crippen LogP contribution >= 0.6 is 0 Å². The van der Waals surface area contributed by atoms with Gasteiger partial charge in [0.15, 0.2) is 6.61 Å². The normalized spacial score (nSPS) is 9.67. The van der Waals surface area contributed by atoms with Crippen LogP contribution in [0.1, 0.15) is 11.1 Å². The van der Waals surface area contributed by atoms with Gasteiger partial charge in [-0.3, -0.25) is 9.59 Å². The summed E-state index contributed by atoms with van der Waals surface area (Å²) in [6.07, 6.45) is 0.0409. The molecule has 0 fully saturated rings. The predicted molar refractivity (Wildman–Crippen MR) is 87.4 cm³/mol. The fraction of sp³-hybridized carbons (Fsp3) is 0.167. The summed E-state index contributed by atoms with van der Waals surface area (Å²) in [5, 5.41) is 11.5. The molecule has 0 saturated carbocycles. The molecule has 0 aromatic heterocycles. The van der Waals surface area contributed by atoms with Crippen LogP contribution in [-0.2, 0) is 20.7 Å². The van der Waals surface area contributed by atoms with Crippen LogP contribution in [0.4, 0.5) is 5.69 Å². The highest BCUT2D eigenvalue weighted by Gasteiger charge is 2.11. The summed E-state index contributed by atoms with van der Waals surface area (Å²) in [7, 11) is 1.54. The van der Waals surface area contributed by atoms with E-state index in [0.29, 0.717) is 17.0 Å². The molecule has 1 N–H and O–H groups in total. The fourth-order valence-electron chi connectivity index (χ4n) is 2.02. The predicted octanol–water partition coefficient (Wildman–Crippen LogP) is 2.29. The molecular weight excluding hydrogens is 308 g/mol. The van der Waals surface area contributed by atoms with Crippen molar-refractivity contribution in [2.45, 2.75) is 6.42 Å². The third kappa shape index (κ3) is 4.85. The Labute approximate surface area is 139 Å². The summed E-state index contributed by atoms with van der Waals surface area (Å²) < 4.78 is 10.0. The first-order chi connectivity index (χ1) is 11.6. The van der Waals surface area contributed by atoms with Crippen LogP contribution in [0.3, 0.4) is 0 Å². The van der Waals surface area contributed by atoms with Gasteiger partial charge in [0, 0.05) is 0 Å². The topological polar surface area (TPSA) is 88.4 Å². The summed E-state index contributed by atoms with van der Waals surface area (Å²) in [5.74, 6) is -0.380. The third-order valence-electron chi connectivity index (χ3n) is 3.17. The number of ether oxygens (including phenoxy) is 2. The van der Waals surface area contributed by atoms with Gasteiger partial charge in [-0.1, -0.05) is 24.3 Å². The number of benzene rings is 2. The van der Waals surface area contributed by atoms with Crippen molar-refractivity contribution in [1.29, 1.82) is 5.26 Å². The van der Waals surface area contributed by atoms with E-state index in [1.807, 2.05) is 6.07 Å². The number of nitrogens with one attached hydrogen (secondary N) is 1. The Morgan fingerprint density at radius 3 is 2.71 bits per heavy atom. The van der Waals surface area contributed by atoms with Gasteiger partial charge in [-0.25, -0.2) is 0 Å². The van der Waals surface area contributed by atoms with E-state index < -0.39 is 18.5 Å². The number of methoxy groups -OCH3 is 1. The zero-order valence-corrected chi connectivity index (χ0v) is 13.1. The average Bonchev–Trinajstić information content (AvgIpc) is 2.60. The van der Waals surface area contributed by atoms with Crippen LogP contribution in [0.5, 0.6) is 5.75 Å². The molecule has 0 heterocycles. The van der Waals surface area contributed by atoms with Gasteiger partial charge in [0.2, 0.25) is 0 Å². The first-order valence-electron chi connectivity index (χ1n) is 7.20. The Kier molecular flexibility index (Phi) is 5.92. The highest BCUT2D eigenvalue weighted by molar-refractivity contribution is 5.94. The van der Waals surface area contributed by atoms with Crippen molar-refractivity contribution >= 4 is 17.6 Å². The van der Waals surface area contributed by atoms with Crippen LogP contribution in [-0.4, -0.2) is 25.6 Å². The molecule has 0 aliphatic rings. The van der Waals surface area contributed by atoms with Crippen molar-refractivity contribution in [2.75, 3.05) is 19.0 Å². The maximum atomic E-state index is 11.8. The summed E-state index contributed by atoms with van der Waals surface area (Å²) in [5.41, 5.74) is 1.46. The van der Waals surface area contributed by atoms with E-state index in [1.165, 1.54) is 0 Å². The van der Waals surface area contributed by atoms with E-state index >= 15 is 0 Å². The van der Waals surface area contributed by atoms with Gasteiger partial charge in [0.25, 0.3) is 5.91 Å². The van der Waals surface area contributed by atoms with Crippen molar-refractivity contribution in [3.63, 3.8) is 0 Å². The lowest BCUT2D eigenvalue weighted by atomic mass is 10.1. The Balaban J connectivity index is 1.85. The van der Waals surface area contributed by atoms with Gasteiger partial charge in [0.1, 0.15) is 11.8 Å². The zero-order chi connectivity index (χ0) is 17.4. The third-order valence-corrected chi connectivity index (χ3v) is 3.17. The lowest BCUT2D eigenvalue weighted by Crippen LogP contribution is -2.22. The van der Waals surface area contributed by atoms with Gasteiger partial charge in [-0.05, 0) is 29.8 Å². The number of anilines is 1. The summed E-state index contributed by atoms with van der Waals surface area (Å²) >= 11 is 0. The number of nitriles is 1. The molecule has 6 heteroatoms. The van der Waals surface area contributed by atoms with Gasteiger partial charge < -0.3 is 14.8 Å². The minimum absolute atomic E-state index is 0.0409. The molecule has 24 heavy (non-hydrogen) atoms. The molecule has 122 valence electrons. The van der Waals surface area contributed by atoms with Gasteiger partial charge in [-0.2, -0.15) is 5.26 Å². The molecule has 0 saturated heterocycles. The minimum Gasteiger partial charge on any atom is -0.497 e. The Bertz CT molecular complexity index is 781. The number of amides is 1. The first-order valence-corrected chi connectivity index (χ1v) is 7.20. The summed E-state index contributed by atoms with van der Waals surface area (Å²) in [6, 6.07) is 15.6. The van der Waals surface area contributed by atoms with Crippen LogP contribution in [0, 0.1) is 11.3 Å². The lowest BCUT2D eigenvalue weighted by Gasteiger charge is -2.08. The summed E-state index contributed by atoms with van der Waals surface area (Å²) in [6.45, 7) is -0.414. The average molecular weight is 324 g/mol. The van der Waals surface area contributed by atoms with Crippen molar-refractivity contribution in [3.8, 4) is 11.8 Å². The molecule has 0 spiro atoms. The first kappa shape index (κ1) is 17.0. The van der Waals surface area contributed by atoms with Crippen molar-refractivity contribution < 1.29 is 19.1 Å². The number of carbonyl (C=O) groups is 2. The van der Waals surface area contributed by atoms with Gasteiger partial charge in [0.05, 0.1) is 24.8 Å². The second-order valence-corrected chi connectivity index (χ2v) is 4.89. The Morgan fingerprint density at radius 1 is 1.17 bits per heavy atom. The Morgan fingerprint density at radius 2 is 1.96 bits per heavy atom. The number of hydrogen-bond donors (Lipinski definition) is 1. The molecule has 6 nitrogen and oxygen atoms in total. The second-order valence-electron chi connectivity index (χ2n) is 4.89. The molecule has 2 aromatic carbocycles. The van der Waals surface area contributed by atoms with E-state index in [2.05, 4.69) is 5.32 Å². The van der Waals surface area contributed by atoms with Crippen molar-refractivity contribution in [1.82, 2.24) is 0 Å². The number of nitrogens with zero attached hydrogens (tertiary/aromatic N) is 1. The molecule has 0 atom stereocenters. The SMILES string of the molecule is COc1cccc(CC(=O)OCC(=O)Nc2ccccc2C#N)c1. The Hall–Kier alpha value is -3.33. The molecule has 0 aliphatic heterocycles. The van der Waals surface area contributed by atoms with Crippen LogP contribution in [0.15, 0.2) is 48.5 Å². The quantitative estimate of drug-likeness (QED) is 0.824. The van der Waals surface area contributed by atoms with Gasteiger partial charge >= 0.3 is 5.97 Å². The van der Waals surface area contributed by atoms with Crippen LogP contribution in [0.2, 0.25) is 0 Å². The smallest absolute Gasteiger partial charge is 0.310 e. The molecule has 0 aliphatic carbocycles. The van der Waals surface area contributed by atoms with E-state index in [1.54, 1.807) is 55.6 Å². The summed E-state index contributed by atoms with van der Waals surface area (Å²) in [4.78, 5) is 23.6. The molecule has 2 rings (SSSR count). The van der Waals surface area contributed by atoms with Crippen molar-refractivity contribution in [2.24, 2.45) is 0 Å². The van der Waals surface area contributed by atoms with E-state index in [9.17, 15) is 9.59 Å². The number of hydrogen-bond acceptors (Lipinski definition) is 5. The molecule has 0 bridgehead atoms. The molecule has 0 radical (unpaired) electrons. The van der Waals surface area contributed by atoms with Crippen molar-refractivity contribution in [3.05, 3.63) is 59.7 Å². The standard InChI is InChI=1S/C18H16N2O4/c1-23-15-7-4-5-13(9-15)10-18(22)24-12-17(21)20-16-8-3-2-6-14(16)11-19/h2-9H,10,12H2,1H3,(H,20,21). The molecule has 2 aromatic rings. The maximum Gasteiger partial charge on any atom is 0.310 e. The molecule has 0 unspecified atom stereocenters. The van der Waals surface area contributed by atoms with Gasteiger partial charge in [-0.15, -0.1) is 0 Å². The minimum atomic E-state index is -0.521. The highest BCUT2D eigenvalue weighted by atomic mass is 16.5. The monoisotopic (exact) mass is 324 g/mol. The van der Waals surface area contributed by atoms with Crippen LogP contribution < -0.4 is 10.1 Å². The van der Waals surface area contributed by atoms with E-state index in [-0.39, 0.29) is 6.42 Å². The molecular formula is C18H16N2O4. The number of rotatable bonds is 6. The highest BCUT2D eigenvalue weighted by Crippen LogP contribution is 2.14. The number of esters is 1. The largest absolute Gasteiger partial charge is 0.497 e. The van der Waals surface area contributed by atoms with E-state index in [0.717, 1.165) is 5.56 Å².